The molecule has 0 fully saturated rings. The number of hydrogen-bond donors (Lipinski definition) is 1. The van der Waals surface area contributed by atoms with Gasteiger partial charge in [-0.2, -0.15) is 0 Å². The summed E-state index contributed by atoms with van der Waals surface area (Å²) in [5.41, 5.74) is 1.61. The summed E-state index contributed by atoms with van der Waals surface area (Å²) in [5, 5.41) is 9.03. The molecule has 0 bridgehead atoms. The van der Waals surface area contributed by atoms with Crippen LogP contribution in [0, 0.1) is 0 Å². The summed E-state index contributed by atoms with van der Waals surface area (Å²) in [7, 11) is 0. The molecule has 0 aromatic heterocycles. The van der Waals surface area contributed by atoms with Crippen molar-refractivity contribution in [2.45, 2.75) is 39.2 Å². The zero-order valence-electron chi connectivity index (χ0n) is 12.7. The lowest BCUT2D eigenvalue weighted by Gasteiger charge is -2.30. The highest BCUT2D eigenvalue weighted by Crippen LogP contribution is 2.28. The molecule has 1 aliphatic rings. The van der Waals surface area contributed by atoms with Gasteiger partial charge < -0.3 is 14.7 Å². The third-order valence-corrected chi connectivity index (χ3v) is 3.37. The van der Waals surface area contributed by atoms with Crippen LogP contribution in [0.2, 0.25) is 0 Å². The maximum atomic E-state index is 12.3. The van der Waals surface area contributed by atoms with E-state index in [1.807, 2.05) is 20.8 Å². The minimum atomic E-state index is -0.947. The van der Waals surface area contributed by atoms with Gasteiger partial charge in [-0.1, -0.05) is 0 Å². The molecule has 0 saturated carbocycles. The van der Waals surface area contributed by atoms with Crippen LogP contribution in [0.15, 0.2) is 18.2 Å². The third-order valence-electron chi connectivity index (χ3n) is 3.37. The molecule has 0 radical (unpaired) electrons. The number of fused-ring (bicyclic) bond motifs is 1. The Hall–Kier alpha value is -1.88. The van der Waals surface area contributed by atoms with E-state index in [9.17, 15) is 9.59 Å². The lowest BCUT2D eigenvalue weighted by molar-refractivity contribution is -0.128. The average Bonchev–Trinajstić information content (AvgIpc) is 2.42. The van der Waals surface area contributed by atoms with Crippen molar-refractivity contribution in [3.8, 4) is 0 Å². The Morgan fingerprint density at radius 2 is 2.05 bits per heavy atom. The zero-order chi connectivity index (χ0) is 15.6. The molecule has 5 nitrogen and oxygen atoms in total. The van der Waals surface area contributed by atoms with Gasteiger partial charge in [-0.3, -0.25) is 4.79 Å². The molecule has 1 aromatic carbocycles. The predicted molar refractivity (Wildman–Crippen MR) is 79.8 cm³/mol. The molecule has 21 heavy (non-hydrogen) atoms. The number of carboxylic acid groups (broad SMARTS) is 1. The Morgan fingerprint density at radius 1 is 1.33 bits per heavy atom. The van der Waals surface area contributed by atoms with E-state index in [0.29, 0.717) is 6.54 Å². The smallest absolute Gasteiger partial charge is 0.335 e. The van der Waals surface area contributed by atoms with Crippen molar-refractivity contribution >= 4 is 17.6 Å². The molecule has 0 saturated heterocycles. The molecule has 1 heterocycles. The number of rotatable bonds is 3. The quantitative estimate of drug-likeness (QED) is 0.929. The maximum absolute atomic E-state index is 12.3. The van der Waals surface area contributed by atoms with E-state index in [1.54, 1.807) is 17.0 Å². The average molecular weight is 291 g/mol. The van der Waals surface area contributed by atoms with Crippen molar-refractivity contribution in [1.82, 2.24) is 0 Å². The molecule has 0 aliphatic carbocycles. The molecular weight excluding hydrogens is 270 g/mol. The van der Waals surface area contributed by atoms with Gasteiger partial charge in [0.05, 0.1) is 11.2 Å². The number of anilines is 1. The minimum absolute atomic E-state index is 0.0314. The Labute approximate surface area is 124 Å². The van der Waals surface area contributed by atoms with Crippen LogP contribution in [0.3, 0.4) is 0 Å². The summed E-state index contributed by atoms with van der Waals surface area (Å²) in [6.07, 6.45) is 1.62. The fourth-order valence-electron chi connectivity index (χ4n) is 2.35. The molecule has 114 valence electrons. The first-order valence-electron chi connectivity index (χ1n) is 7.08. The van der Waals surface area contributed by atoms with E-state index in [1.165, 1.54) is 6.07 Å². The standard InChI is InChI=1S/C16H21NO4/c1-16(2,3)21-10-14(18)17-8-4-5-11-9-12(15(19)20)6-7-13(11)17/h6-7,9H,4-5,8,10H2,1-3H3,(H,19,20). The van der Waals surface area contributed by atoms with Crippen LogP contribution in [0.1, 0.15) is 43.1 Å². The molecule has 2 rings (SSSR count). The van der Waals surface area contributed by atoms with Crippen molar-refractivity contribution in [3.05, 3.63) is 29.3 Å². The number of aromatic carboxylic acids is 1. The van der Waals surface area contributed by atoms with Crippen LogP contribution in [-0.2, 0) is 16.0 Å². The SMILES string of the molecule is CC(C)(C)OCC(=O)N1CCCc2cc(C(=O)O)ccc21. The molecule has 0 atom stereocenters. The Balaban J connectivity index is 2.18. The van der Waals surface area contributed by atoms with Crippen LogP contribution in [0.25, 0.3) is 0 Å². The number of hydrogen-bond acceptors (Lipinski definition) is 3. The fraction of sp³-hybridized carbons (Fsp3) is 0.500. The summed E-state index contributed by atoms with van der Waals surface area (Å²) in [5.74, 6) is -1.04. The molecule has 1 aromatic rings. The van der Waals surface area contributed by atoms with Gasteiger partial charge in [0, 0.05) is 12.2 Å². The third kappa shape index (κ3) is 3.82. The van der Waals surface area contributed by atoms with Gasteiger partial charge in [0.1, 0.15) is 6.61 Å². The van der Waals surface area contributed by atoms with Crippen LogP contribution in [0.4, 0.5) is 5.69 Å². The van der Waals surface area contributed by atoms with E-state index in [-0.39, 0.29) is 23.7 Å². The van der Waals surface area contributed by atoms with E-state index in [0.717, 1.165) is 24.1 Å². The van der Waals surface area contributed by atoms with E-state index >= 15 is 0 Å². The van der Waals surface area contributed by atoms with Crippen molar-refractivity contribution in [3.63, 3.8) is 0 Å². The number of carbonyl (C=O) groups is 2. The summed E-state index contributed by atoms with van der Waals surface area (Å²) in [6.45, 7) is 6.39. The predicted octanol–water partition coefficient (Wildman–Crippen LogP) is 2.48. The van der Waals surface area contributed by atoms with Gasteiger partial charge in [-0.25, -0.2) is 4.79 Å². The van der Waals surface area contributed by atoms with Crippen molar-refractivity contribution in [1.29, 1.82) is 0 Å². The molecule has 1 N–H and O–H groups in total. The largest absolute Gasteiger partial charge is 0.478 e. The summed E-state index contributed by atoms with van der Waals surface area (Å²) < 4.78 is 5.54. The second-order valence-corrected chi connectivity index (χ2v) is 6.20. The number of carboxylic acids is 1. The molecule has 0 unspecified atom stereocenters. The maximum Gasteiger partial charge on any atom is 0.335 e. The molecule has 1 aliphatic heterocycles. The van der Waals surface area contributed by atoms with Crippen LogP contribution in [0.5, 0.6) is 0 Å². The summed E-state index contributed by atoms with van der Waals surface area (Å²) in [6, 6.07) is 4.91. The summed E-state index contributed by atoms with van der Waals surface area (Å²) >= 11 is 0. The first-order chi connectivity index (χ1) is 9.78. The van der Waals surface area contributed by atoms with Gasteiger partial charge in [0.25, 0.3) is 5.91 Å². The minimum Gasteiger partial charge on any atom is -0.478 e. The second kappa shape index (κ2) is 5.85. The zero-order valence-corrected chi connectivity index (χ0v) is 12.7. The molecular formula is C16H21NO4. The highest BCUT2D eigenvalue weighted by atomic mass is 16.5. The van der Waals surface area contributed by atoms with E-state index in [2.05, 4.69) is 0 Å². The monoisotopic (exact) mass is 291 g/mol. The highest BCUT2D eigenvalue weighted by Gasteiger charge is 2.24. The first-order valence-corrected chi connectivity index (χ1v) is 7.08. The number of carbonyl (C=O) groups excluding carboxylic acids is 1. The molecule has 0 spiro atoms. The molecule has 1 amide bonds. The van der Waals surface area contributed by atoms with E-state index in [4.69, 9.17) is 9.84 Å². The van der Waals surface area contributed by atoms with Crippen LogP contribution < -0.4 is 4.90 Å². The van der Waals surface area contributed by atoms with Gasteiger partial charge in [0.15, 0.2) is 0 Å². The van der Waals surface area contributed by atoms with Crippen molar-refractivity contribution in [2.75, 3.05) is 18.1 Å². The van der Waals surface area contributed by atoms with Crippen molar-refractivity contribution < 1.29 is 19.4 Å². The van der Waals surface area contributed by atoms with Crippen LogP contribution >= 0.6 is 0 Å². The second-order valence-electron chi connectivity index (χ2n) is 6.20. The van der Waals surface area contributed by atoms with E-state index < -0.39 is 5.97 Å². The highest BCUT2D eigenvalue weighted by molar-refractivity contribution is 5.96. The van der Waals surface area contributed by atoms with Gasteiger partial charge in [-0.15, -0.1) is 0 Å². The van der Waals surface area contributed by atoms with Gasteiger partial charge >= 0.3 is 5.97 Å². The van der Waals surface area contributed by atoms with Gasteiger partial charge in [-0.05, 0) is 57.4 Å². The number of amides is 1. The lowest BCUT2D eigenvalue weighted by atomic mass is 9.99. The number of aryl methyl sites for hydroxylation is 1. The Kier molecular flexibility index (Phi) is 4.32. The molecule has 5 heteroatoms. The number of nitrogens with zero attached hydrogens (tertiary/aromatic N) is 1. The number of benzene rings is 1. The normalized spacial score (nSPS) is 14.7. The topological polar surface area (TPSA) is 66.8 Å². The first kappa shape index (κ1) is 15.5. The lowest BCUT2D eigenvalue weighted by Crippen LogP contribution is -2.39. The number of ether oxygens (including phenoxy) is 1. The van der Waals surface area contributed by atoms with Crippen molar-refractivity contribution in [2.24, 2.45) is 0 Å². The van der Waals surface area contributed by atoms with Crippen LogP contribution in [-0.4, -0.2) is 35.7 Å². The fourth-order valence-corrected chi connectivity index (χ4v) is 2.35. The Bertz CT molecular complexity index is 560. The van der Waals surface area contributed by atoms with Gasteiger partial charge in [0.2, 0.25) is 0 Å². The summed E-state index contributed by atoms with van der Waals surface area (Å²) in [4.78, 5) is 25.0. The Morgan fingerprint density at radius 3 is 2.67 bits per heavy atom.